The molecule has 0 saturated heterocycles. The number of rotatable bonds is 6. The van der Waals surface area contributed by atoms with E-state index in [9.17, 15) is 13.6 Å². The number of hydrogen-bond acceptors (Lipinski definition) is 4. The Balaban J connectivity index is 1.72. The quantitative estimate of drug-likeness (QED) is 0.677. The lowest BCUT2D eigenvalue weighted by Crippen LogP contribution is -2.13. The number of aryl methyl sites for hydroxylation is 1. The number of nitrogens with one attached hydrogen (secondary N) is 2. The first kappa shape index (κ1) is 18.4. The minimum atomic E-state index is -2.90. The first-order valence-corrected chi connectivity index (χ1v) is 8.03. The number of amides is 1. The number of aromatic amines is 1. The topological polar surface area (TPSA) is 76.2 Å². The van der Waals surface area contributed by atoms with Crippen molar-refractivity contribution in [1.82, 2.24) is 10.2 Å². The van der Waals surface area contributed by atoms with Crippen molar-refractivity contribution in [3.8, 4) is 22.8 Å². The van der Waals surface area contributed by atoms with E-state index in [0.717, 1.165) is 11.3 Å². The van der Waals surface area contributed by atoms with Crippen molar-refractivity contribution < 1.29 is 23.0 Å². The Morgan fingerprint density at radius 1 is 1.11 bits per heavy atom. The number of aromatic nitrogens is 2. The van der Waals surface area contributed by atoms with Gasteiger partial charge in [-0.25, -0.2) is 0 Å². The van der Waals surface area contributed by atoms with Crippen LogP contribution >= 0.6 is 0 Å². The highest BCUT2D eigenvalue weighted by molar-refractivity contribution is 6.03. The van der Waals surface area contributed by atoms with Crippen LogP contribution in [0.15, 0.2) is 48.5 Å². The highest BCUT2D eigenvalue weighted by Gasteiger charge is 2.13. The fraction of sp³-hybridized carbons (Fsp3) is 0.158. The van der Waals surface area contributed by atoms with Crippen molar-refractivity contribution in [1.29, 1.82) is 0 Å². The second-order valence-electron chi connectivity index (χ2n) is 5.70. The minimum absolute atomic E-state index is 0.0313. The molecule has 2 aromatic carbocycles. The molecule has 0 aliphatic heterocycles. The van der Waals surface area contributed by atoms with Crippen molar-refractivity contribution in [3.05, 3.63) is 59.8 Å². The Hall–Kier alpha value is -3.42. The fourth-order valence-electron chi connectivity index (χ4n) is 2.49. The molecule has 140 valence electrons. The number of benzene rings is 2. The number of carbonyl (C=O) groups is 1. The average molecular weight is 373 g/mol. The number of alkyl halides is 2. The lowest BCUT2D eigenvalue weighted by Gasteiger charge is -2.10. The highest BCUT2D eigenvalue weighted by atomic mass is 19.3. The molecule has 0 atom stereocenters. The van der Waals surface area contributed by atoms with E-state index in [2.05, 4.69) is 20.3 Å². The van der Waals surface area contributed by atoms with Gasteiger partial charge in [-0.2, -0.15) is 13.9 Å². The molecular formula is C19H17F2N3O3. The average Bonchev–Trinajstić information content (AvgIpc) is 3.14. The molecule has 3 aromatic rings. The summed E-state index contributed by atoms with van der Waals surface area (Å²) in [5, 5.41) is 9.55. The van der Waals surface area contributed by atoms with Crippen LogP contribution in [0.25, 0.3) is 11.3 Å². The van der Waals surface area contributed by atoms with Crippen molar-refractivity contribution in [2.75, 3.05) is 12.4 Å². The first-order valence-electron chi connectivity index (χ1n) is 8.03. The Morgan fingerprint density at radius 2 is 1.81 bits per heavy atom. The number of hydrogen-bond donors (Lipinski definition) is 2. The molecule has 1 heterocycles. The van der Waals surface area contributed by atoms with Crippen LogP contribution in [0.2, 0.25) is 0 Å². The van der Waals surface area contributed by atoms with E-state index in [1.807, 2.05) is 12.1 Å². The molecule has 27 heavy (non-hydrogen) atoms. The maximum absolute atomic E-state index is 12.4. The van der Waals surface area contributed by atoms with Crippen molar-refractivity contribution in [2.24, 2.45) is 0 Å². The van der Waals surface area contributed by atoms with Gasteiger partial charge < -0.3 is 14.8 Å². The van der Waals surface area contributed by atoms with Gasteiger partial charge in [-0.1, -0.05) is 0 Å². The zero-order chi connectivity index (χ0) is 19.4. The van der Waals surface area contributed by atoms with E-state index in [1.165, 1.54) is 18.2 Å². The molecule has 1 aromatic heterocycles. The predicted octanol–water partition coefficient (Wildman–Crippen LogP) is 4.25. The van der Waals surface area contributed by atoms with E-state index < -0.39 is 12.5 Å². The summed E-state index contributed by atoms with van der Waals surface area (Å²) in [6, 6.07) is 13.2. The molecule has 8 heteroatoms. The van der Waals surface area contributed by atoms with Crippen LogP contribution < -0.4 is 14.8 Å². The van der Waals surface area contributed by atoms with Crippen LogP contribution in [0.1, 0.15) is 16.1 Å². The monoisotopic (exact) mass is 373 g/mol. The zero-order valence-electron chi connectivity index (χ0n) is 14.6. The highest BCUT2D eigenvalue weighted by Crippen LogP contribution is 2.24. The van der Waals surface area contributed by atoms with Gasteiger partial charge in [0.1, 0.15) is 17.2 Å². The summed E-state index contributed by atoms with van der Waals surface area (Å²) in [5.41, 5.74) is 2.79. The number of ether oxygens (including phenoxy) is 2. The third-order valence-corrected chi connectivity index (χ3v) is 3.88. The SMILES string of the molecule is COc1ccc(-c2cc(C(=O)Nc3ccc(OC(F)F)cc3C)[nH]n2)cc1. The van der Waals surface area contributed by atoms with Crippen LogP contribution in [0, 0.1) is 6.92 Å². The Labute approximate surface area is 154 Å². The van der Waals surface area contributed by atoms with Gasteiger partial charge in [0, 0.05) is 11.3 Å². The van der Waals surface area contributed by atoms with E-state index in [-0.39, 0.29) is 11.4 Å². The summed E-state index contributed by atoms with van der Waals surface area (Å²) in [6.07, 6.45) is 0. The number of H-pyrrole nitrogens is 1. The third kappa shape index (κ3) is 4.41. The molecule has 0 spiro atoms. The maximum Gasteiger partial charge on any atom is 0.387 e. The van der Waals surface area contributed by atoms with Crippen LogP contribution in [0.3, 0.4) is 0 Å². The Kier molecular flexibility index (Phi) is 5.35. The predicted molar refractivity (Wildman–Crippen MR) is 96.3 cm³/mol. The Bertz CT molecular complexity index is 940. The molecule has 0 aliphatic carbocycles. The third-order valence-electron chi connectivity index (χ3n) is 3.88. The smallest absolute Gasteiger partial charge is 0.387 e. The molecule has 6 nitrogen and oxygen atoms in total. The van der Waals surface area contributed by atoms with Crippen LogP contribution in [0.4, 0.5) is 14.5 Å². The number of carbonyl (C=O) groups excluding carboxylic acids is 1. The molecular weight excluding hydrogens is 356 g/mol. The summed E-state index contributed by atoms with van der Waals surface area (Å²) in [6.45, 7) is -1.21. The molecule has 0 aliphatic rings. The second-order valence-corrected chi connectivity index (χ2v) is 5.70. The standard InChI is InChI=1S/C19H17F2N3O3/c1-11-9-14(27-19(20)21)7-8-15(11)22-18(25)17-10-16(23-24-17)12-3-5-13(26-2)6-4-12/h3-10,19H,1-2H3,(H,22,25)(H,23,24). The molecule has 0 bridgehead atoms. The van der Waals surface area contributed by atoms with Crippen LogP contribution in [-0.4, -0.2) is 29.8 Å². The number of anilines is 1. The molecule has 0 fully saturated rings. The first-order chi connectivity index (χ1) is 13.0. The van der Waals surface area contributed by atoms with Gasteiger partial charge in [-0.3, -0.25) is 9.89 Å². The zero-order valence-corrected chi connectivity index (χ0v) is 14.6. The van der Waals surface area contributed by atoms with Gasteiger partial charge in [-0.05, 0) is 61.0 Å². The van der Waals surface area contributed by atoms with E-state index in [4.69, 9.17) is 4.74 Å². The van der Waals surface area contributed by atoms with Crippen molar-refractivity contribution in [3.63, 3.8) is 0 Å². The summed E-state index contributed by atoms with van der Waals surface area (Å²) < 4.78 is 34.0. The molecule has 0 radical (unpaired) electrons. The molecule has 1 amide bonds. The minimum Gasteiger partial charge on any atom is -0.497 e. The lowest BCUT2D eigenvalue weighted by molar-refractivity contribution is -0.0498. The number of halogens is 2. The summed E-state index contributed by atoms with van der Waals surface area (Å²) in [5.74, 6) is 0.360. The van der Waals surface area contributed by atoms with Gasteiger partial charge in [0.25, 0.3) is 5.91 Å². The van der Waals surface area contributed by atoms with Crippen LogP contribution in [-0.2, 0) is 0 Å². The van der Waals surface area contributed by atoms with Crippen molar-refractivity contribution >= 4 is 11.6 Å². The second kappa shape index (κ2) is 7.86. The van der Waals surface area contributed by atoms with E-state index in [1.54, 1.807) is 32.2 Å². The number of methoxy groups -OCH3 is 1. The largest absolute Gasteiger partial charge is 0.497 e. The van der Waals surface area contributed by atoms with Gasteiger partial charge in [0.2, 0.25) is 0 Å². The fourth-order valence-corrected chi connectivity index (χ4v) is 2.49. The van der Waals surface area contributed by atoms with Gasteiger partial charge >= 0.3 is 6.61 Å². The summed E-state index contributed by atoms with van der Waals surface area (Å²) >= 11 is 0. The lowest BCUT2D eigenvalue weighted by atomic mass is 10.1. The van der Waals surface area contributed by atoms with Crippen LogP contribution in [0.5, 0.6) is 11.5 Å². The van der Waals surface area contributed by atoms with Gasteiger partial charge in [0.15, 0.2) is 0 Å². The molecule has 0 saturated carbocycles. The maximum atomic E-state index is 12.4. The Morgan fingerprint density at radius 3 is 2.44 bits per heavy atom. The number of nitrogens with zero attached hydrogens (tertiary/aromatic N) is 1. The normalized spacial score (nSPS) is 10.7. The van der Waals surface area contributed by atoms with E-state index >= 15 is 0 Å². The molecule has 0 unspecified atom stereocenters. The molecule has 3 rings (SSSR count). The van der Waals surface area contributed by atoms with Gasteiger partial charge in [0.05, 0.1) is 12.8 Å². The summed E-state index contributed by atoms with van der Waals surface area (Å²) in [7, 11) is 1.58. The summed E-state index contributed by atoms with van der Waals surface area (Å²) in [4.78, 5) is 12.4. The van der Waals surface area contributed by atoms with E-state index in [0.29, 0.717) is 16.9 Å². The van der Waals surface area contributed by atoms with Crippen molar-refractivity contribution in [2.45, 2.75) is 13.5 Å². The molecule has 2 N–H and O–H groups in total. The van der Waals surface area contributed by atoms with Gasteiger partial charge in [-0.15, -0.1) is 0 Å².